The lowest BCUT2D eigenvalue weighted by Crippen LogP contribution is -2.38. The van der Waals surface area contributed by atoms with Crippen molar-refractivity contribution in [2.24, 2.45) is 5.92 Å². The number of halogens is 2. The van der Waals surface area contributed by atoms with Crippen molar-refractivity contribution in [3.05, 3.63) is 77.8 Å². The molecular formula is C24H25ClIN5O2. The molecule has 4 rings (SSSR count). The number of carbonyl (C=O) groups is 2. The molecule has 172 valence electrons. The molecule has 3 heterocycles. The zero-order valence-corrected chi connectivity index (χ0v) is 21.1. The minimum Gasteiger partial charge on any atom is -0.371 e. The number of nitrogens with one attached hydrogen (secondary N) is 2. The van der Waals surface area contributed by atoms with Gasteiger partial charge in [0, 0.05) is 37.1 Å². The summed E-state index contributed by atoms with van der Waals surface area (Å²) in [5, 5.41) is 6.07. The van der Waals surface area contributed by atoms with Crippen molar-refractivity contribution in [2.75, 3.05) is 33.6 Å². The van der Waals surface area contributed by atoms with E-state index in [1.807, 2.05) is 17.1 Å². The van der Waals surface area contributed by atoms with Crippen LogP contribution in [-0.2, 0) is 4.79 Å². The Kier molecular flexibility index (Phi) is 9.44. The fourth-order valence-electron chi connectivity index (χ4n) is 3.63. The summed E-state index contributed by atoms with van der Waals surface area (Å²) in [6.07, 6.45) is 6.53. The highest BCUT2D eigenvalue weighted by Gasteiger charge is 2.26. The Bertz CT molecular complexity index is 1060. The van der Waals surface area contributed by atoms with Gasteiger partial charge in [-0.05, 0) is 54.2 Å². The number of hydrogen-bond donors (Lipinski definition) is 2. The number of hydrogen-bond acceptors (Lipinski definition) is 5. The van der Waals surface area contributed by atoms with Crippen molar-refractivity contribution in [1.82, 2.24) is 9.97 Å². The molecule has 33 heavy (non-hydrogen) atoms. The van der Waals surface area contributed by atoms with Gasteiger partial charge in [0.25, 0.3) is 5.91 Å². The van der Waals surface area contributed by atoms with Crippen LogP contribution < -0.4 is 15.5 Å². The average molecular weight is 578 g/mol. The number of alkyl halides is 1. The van der Waals surface area contributed by atoms with Gasteiger partial charge in [0.2, 0.25) is 5.91 Å². The van der Waals surface area contributed by atoms with Gasteiger partial charge in [-0.15, -0.1) is 0 Å². The van der Waals surface area contributed by atoms with Crippen LogP contribution in [0, 0.1) is 5.92 Å². The summed E-state index contributed by atoms with van der Waals surface area (Å²) in [6, 6.07) is 14.2. The third kappa shape index (κ3) is 6.88. The number of anilines is 3. The summed E-state index contributed by atoms with van der Waals surface area (Å²) in [5.41, 5.74) is 2.52. The predicted octanol–water partition coefficient (Wildman–Crippen LogP) is 5.29. The van der Waals surface area contributed by atoms with Crippen molar-refractivity contribution >= 4 is 63.1 Å². The van der Waals surface area contributed by atoms with Crippen LogP contribution in [-0.4, -0.2) is 39.8 Å². The molecule has 2 aromatic heterocycles. The predicted molar refractivity (Wildman–Crippen MR) is 141 cm³/mol. The first-order valence-electron chi connectivity index (χ1n) is 10.5. The number of aromatic nitrogens is 2. The molecule has 1 aliphatic rings. The van der Waals surface area contributed by atoms with Crippen LogP contribution in [0.2, 0.25) is 5.15 Å². The fourth-order valence-corrected chi connectivity index (χ4v) is 3.74. The zero-order valence-electron chi connectivity index (χ0n) is 18.2. The third-order valence-electron chi connectivity index (χ3n) is 5.31. The van der Waals surface area contributed by atoms with Crippen molar-refractivity contribution in [3.8, 4) is 0 Å². The van der Waals surface area contributed by atoms with Gasteiger partial charge in [-0.1, -0.05) is 46.3 Å². The zero-order chi connectivity index (χ0) is 23.6. The van der Waals surface area contributed by atoms with Crippen LogP contribution >= 0.6 is 34.2 Å². The summed E-state index contributed by atoms with van der Waals surface area (Å²) in [5.74, 6) is -0.495. The number of pyridine rings is 2. The van der Waals surface area contributed by atoms with E-state index in [0.29, 0.717) is 22.1 Å². The third-order valence-corrected chi connectivity index (χ3v) is 5.53. The van der Waals surface area contributed by atoms with Gasteiger partial charge in [0.05, 0.1) is 23.1 Å². The molecule has 3 aromatic rings. The van der Waals surface area contributed by atoms with Crippen molar-refractivity contribution in [1.29, 1.82) is 0 Å². The first kappa shape index (κ1) is 24.9. The monoisotopic (exact) mass is 577 g/mol. The topological polar surface area (TPSA) is 87.2 Å². The molecule has 1 aliphatic heterocycles. The second-order valence-corrected chi connectivity index (χ2v) is 7.71. The Labute approximate surface area is 212 Å². The molecule has 9 heteroatoms. The van der Waals surface area contributed by atoms with E-state index in [1.54, 1.807) is 48.8 Å². The van der Waals surface area contributed by atoms with Gasteiger partial charge in [-0.3, -0.25) is 14.6 Å². The Morgan fingerprint density at radius 1 is 1.00 bits per heavy atom. The fraction of sp³-hybridized carbons (Fsp3) is 0.250. The number of para-hydroxylation sites is 1. The van der Waals surface area contributed by atoms with Gasteiger partial charge in [-0.25, -0.2) is 4.98 Å². The lowest BCUT2D eigenvalue weighted by Gasteiger charge is -2.33. The SMILES string of the molecule is CI.O=C(Nc1ccc(Cl)nc1)c1ccccc1NC(=O)C1CCN(c2ccncc2)CC1. The molecule has 0 atom stereocenters. The summed E-state index contributed by atoms with van der Waals surface area (Å²) in [7, 11) is 0. The highest BCUT2D eigenvalue weighted by Crippen LogP contribution is 2.25. The maximum absolute atomic E-state index is 12.9. The second-order valence-electron chi connectivity index (χ2n) is 7.33. The largest absolute Gasteiger partial charge is 0.371 e. The van der Waals surface area contributed by atoms with E-state index in [4.69, 9.17) is 11.6 Å². The first-order valence-corrected chi connectivity index (χ1v) is 13.0. The standard InChI is InChI=1S/C23H22ClN5O2.CH3I/c24-21-6-5-17(15-26-21)27-23(31)19-3-1-2-4-20(19)28-22(30)16-9-13-29(14-10-16)18-7-11-25-12-8-18;1-2/h1-8,11-12,15-16H,9-10,13-14H2,(H,27,31)(H,28,30);1H3. The van der Waals surface area contributed by atoms with E-state index >= 15 is 0 Å². The minimum atomic E-state index is -0.326. The van der Waals surface area contributed by atoms with Gasteiger partial charge < -0.3 is 15.5 Å². The number of carbonyl (C=O) groups excluding carboxylic acids is 2. The second kappa shape index (κ2) is 12.5. The summed E-state index contributed by atoms with van der Waals surface area (Å²) in [6.45, 7) is 1.60. The van der Waals surface area contributed by atoms with Gasteiger partial charge in [0.15, 0.2) is 0 Å². The highest BCUT2D eigenvalue weighted by molar-refractivity contribution is 14.1. The number of piperidine rings is 1. The molecule has 2 amide bonds. The molecule has 0 aliphatic carbocycles. The molecule has 0 radical (unpaired) electrons. The number of nitrogens with zero attached hydrogens (tertiary/aromatic N) is 3. The summed E-state index contributed by atoms with van der Waals surface area (Å²) < 4.78 is 0. The Morgan fingerprint density at radius 3 is 2.36 bits per heavy atom. The first-order chi connectivity index (χ1) is 16.1. The van der Waals surface area contributed by atoms with Crippen LogP contribution in [0.4, 0.5) is 17.1 Å². The summed E-state index contributed by atoms with van der Waals surface area (Å²) >= 11 is 7.94. The van der Waals surface area contributed by atoms with E-state index in [9.17, 15) is 9.59 Å². The number of amides is 2. The Balaban J connectivity index is 0.00000149. The van der Waals surface area contributed by atoms with Gasteiger partial charge in [0.1, 0.15) is 5.15 Å². The minimum absolute atomic E-state index is 0.0669. The molecule has 0 saturated carbocycles. The summed E-state index contributed by atoms with van der Waals surface area (Å²) in [4.78, 5) is 37.9. The van der Waals surface area contributed by atoms with E-state index in [1.165, 1.54) is 6.20 Å². The van der Waals surface area contributed by atoms with Crippen molar-refractivity contribution in [2.45, 2.75) is 12.8 Å². The number of benzene rings is 1. The van der Waals surface area contributed by atoms with Crippen molar-refractivity contribution in [3.63, 3.8) is 0 Å². The molecule has 1 aromatic carbocycles. The normalized spacial score (nSPS) is 13.5. The Morgan fingerprint density at radius 2 is 1.70 bits per heavy atom. The molecule has 0 bridgehead atoms. The lowest BCUT2D eigenvalue weighted by atomic mass is 9.95. The maximum Gasteiger partial charge on any atom is 0.257 e. The molecule has 0 unspecified atom stereocenters. The van der Waals surface area contributed by atoms with E-state index in [-0.39, 0.29) is 17.7 Å². The number of rotatable bonds is 5. The molecular weight excluding hydrogens is 553 g/mol. The van der Waals surface area contributed by atoms with E-state index < -0.39 is 0 Å². The Hall–Kier alpha value is -2.72. The van der Waals surface area contributed by atoms with Crippen LogP contribution in [0.25, 0.3) is 0 Å². The van der Waals surface area contributed by atoms with Crippen LogP contribution in [0.15, 0.2) is 67.1 Å². The van der Waals surface area contributed by atoms with Gasteiger partial charge in [-0.2, -0.15) is 0 Å². The molecule has 0 spiro atoms. The van der Waals surface area contributed by atoms with E-state index in [2.05, 4.69) is 48.1 Å². The van der Waals surface area contributed by atoms with E-state index in [0.717, 1.165) is 31.6 Å². The highest BCUT2D eigenvalue weighted by atomic mass is 127. The lowest BCUT2D eigenvalue weighted by molar-refractivity contribution is -0.120. The van der Waals surface area contributed by atoms with Crippen LogP contribution in [0.1, 0.15) is 23.2 Å². The molecule has 1 saturated heterocycles. The van der Waals surface area contributed by atoms with Crippen molar-refractivity contribution < 1.29 is 9.59 Å². The maximum atomic E-state index is 12.9. The quantitative estimate of drug-likeness (QED) is 0.245. The molecule has 2 N–H and O–H groups in total. The smallest absolute Gasteiger partial charge is 0.257 e. The molecule has 7 nitrogen and oxygen atoms in total. The van der Waals surface area contributed by atoms with Gasteiger partial charge >= 0.3 is 0 Å². The molecule has 1 fully saturated rings. The van der Waals surface area contributed by atoms with Crippen LogP contribution in [0.5, 0.6) is 0 Å². The van der Waals surface area contributed by atoms with Crippen LogP contribution in [0.3, 0.4) is 0 Å². The average Bonchev–Trinajstić information content (AvgIpc) is 2.87.